The lowest BCUT2D eigenvalue weighted by Gasteiger charge is -2.05. The molecule has 1 rings (SSSR count). The Kier molecular flexibility index (Phi) is 3.12. The highest BCUT2D eigenvalue weighted by molar-refractivity contribution is 7.85. The Bertz CT molecular complexity index is 453. The standard InChI is InChI=1S/C7H8N2O5S/c10-7(11)9-8-5-1-3-6(4-2-5)15(12,13)14/h1-4,8-9H,(H,10,11)(H,12,13,14). The largest absolute Gasteiger partial charge is 0.464 e. The molecule has 7 nitrogen and oxygen atoms in total. The van der Waals surface area contributed by atoms with Gasteiger partial charge in [-0.2, -0.15) is 8.42 Å². The van der Waals surface area contributed by atoms with Crippen molar-refractivity contribution in [2.75, 3.05) is 5.43 Å². The number of hydrogen-bond acceptors (Lipinski definition) is 4. The minimum Gasteiger partial charge on any atom is -0.464 e. The summed E-state index contributed by atoms with van der Waals surface area (Å²) in [5.74, 6) is 0. The molecule has 0 saturated heterocycles. The molecule has 0 fully saturated rings. The fourth-order valence-electron chi connectivity index (χ4n) is 0.836. The van der Waals surface area contributed by atoms with Crippen LogP contribution in [0.4, 0.5) is 10.5 Å². The van der Waals surface area contributed by atoms with Crippen LogP contribution in [0.2, 0.25) is 0 Å². The van der Waals surface area contributed by atoms with Gasteiger partial charge in [-0.1, -0.05) is 0 Å². The van der Waals surface area contributed by atoms with Gasteiger partial charge in [-0.15, -0.1) is 0 Å². The van der Waals surface area contributed by atoms with Gasteiger partial charge in [0, 0.05) is 0 Å². The Balaban J connectivity index is 2.77. The molecular weight excluding hydrogens is 224 g/mol. The molecule has 0 atom stereocenters. The van der Waals surface area contributed by atoms with Crippen molar-refractivity contribution in [3.63, 3.8) is 0 Å². The predicted molar refractivity (Wildman–Crippen MR) is 51.0 cm³/mol. The summed E-state index contributed by atoms with van der Waals surface area (Å²) in [6.07, 6.45) is -1.27. The van der Waals surface area contributed by atoms with Crippen molar-refractivity contribution in [1.82, 2.24) is 5.43 Å². The predicted octanol–water partition coefficient (Wildman–Crippen LogP) is 0.528. The van der Waals surface area contributed by atoms with Crippen molar-refractivity contribution in [1.29, 1.82) is 0 Å². The zero-order chi connectivity index (χ0) is 11.5. The van der Waals surface area contributed by atoms with Crippen LogP contribution in [0.5, 0.6) is 0 Å². The zero-order valence-corrected chi connectivity index (χ0v) is 8.15. The lowest BCUT2D eigenvalue weighted by molar-refractivity contribution is 0.197. The first kappa shape index (κ1) is 11.3. The maximum Gasteiger partial charge on any atom is 0.423 e. The molecule has 15 heavy (non-hydrogen) atoms. The van der Waals surface area contributed by atoms with Crippen LogP contribution in [0, 0.1) is 0 Å². The fourth-order valence-corrected chi connectivity index (χ4v) is 1.32. The first-order valence-electron chi connectivity index (χ1n) is 3.72. The number of carboxylic acid groups (broad SMARTS) is 1. The Morgan fingerprint density at radius 3 is 2.13 bits per heavy atom. The van der Waals surface area contributed by atoms with Crippen molar-refractivity contribution in [3.8, 4) is 0 Å². The Morgan fingerprint density at radius 1 is 1.20 bits per heavy atom. The summed E-state index contributed by atoms with van der Waals surface area (Å²) < 4.78 is 29.9. The molecule has 0 spiro atoms. The highest BCUT2D eigenvalue weighted by Gasteiger charge is 2.08. The number of rotatable bonds is 3. The summed E-state index contributed by atoms with van der Waals surface area (Å²) in [5, 5.41) is 8.25. The van der Waals surface area contributed by atoms with E-state index >= 15 is 0 Å². The van der Waals surface area contributed by atoms with Crippen molar-refractivity contribution >= 4 is 21.9 Å². The lowest BCUT2D eigenvalue weighted by atomic mass is 10.3. The molecule has 1 aromatic rings. The van der Waals surface area contributed by atoms with E-state index in [2.05, 4.69) is 5.43 Å². The average molecular weight is 232 g/mol. The molecule has 82 valence electrons. The van der Waals surface area contributed by atoms with Gasteiger partial charge in [-0.05, 0) is 24.3 Å². The molecule has 8 heteroatoms. The van der Waals surface area contributed by atoms with Gasteiger partial charge in [0.15, 0.2) is 0 Å². The minimum absolute atomic E-state index is 0.261. The van der Waals surface area contributed by atoms with Gasteiger partial charge in [0.2, 0.25) is 0 Å². The molecule has 0 saturated carbocycles. The molecule has 1 amide bonds. The van der Waals surface area contributed by atoms with E-state index in [1.165, 1.54) is 12.1 Å². The van der Waals surface area contributed by atoms with Crippen molar-refractivity contribution in [2.24, 2.45) is 0 Å². The van der Waals surface area contributed by atoms with E-state index in [0.29, 0.717) is 5.69 Å². The SMILES string of the molecule is O=C(O)NNc1ccc(S(=O)(=O)O)cc1. The number of benzene rings is 1. The maximum absolute atomic E-state index is 10.6. The number of nitrogens with one attached hydrogen (secondary N) is 2. The molecule has 4 N–H and O–H groups in total. The third-order valence-electron chi connectivity index (χ3n) is 1.47. The van der Waals surface area contributed by atoms with Gasteiger partial charge in [0.1, 0.15) is 0 Å². The fraction of sp³-hybridized carbons (Fsp3) is 0. The topological polar surface area (TPSA) is 116 Å². The third kappa shape index (κ3) is 3.44. The first-order valence-corrected chi connectivity index (χ1v) is 5.16. The molecule has 0 aliphatic heterocycles. The summed E-state index contributed by atoms with van der Waals surface area (Å²) in [4.78, 5) is 9.83. The molecule has 0 aliphatic carbocycles. The number of hydrazine groups is 1. The van der Waals surface area contributed by atoms with E-state index < -0.39 is 16.2 Å². The Hall–Kier alpha value is -1.80. The summed E-state index contributed by atoms with van der Waals surface area (Å²) in [7, 11) is -4.22. The molecule has 1 aromatic carbocycles. The van der Waals surface area contributed by atoms with Crippen molar-refractivity contribution in [3.05, 3.63) is 24.3 Å². The average Bonchev–Trinajstić information content (AvgIpc) is 2.14. The quantitative estimate of drug-likeness (QED) is 0.446. The van der Waals surface area contributed by atoms with Crippen LogP contribution in [-0.4, -0.2) is 24.2 Å². The van der Waals surface area contributed by atoms with Gasteiger partial charge in [0.05, 0.1) is 10.6 Å². The minimum atomic E-state index is -4.22. The van der Waals surface area contributed by atoms with E-state index in [1.807, 2.05) is 5.43 Å². The molecule has 0 aliphatic rings. The monoisotopic (exact) mass is 232 g/mol. The molecule has 0 bridgehead atoms. The lowest BCUT2D eigenvalue weighted by Crippen LogP contribution is -2.27. The van der Waals surface area contributed by atoms with Crippen LogP contribution in [0.15, 0.2) is 29.2 Å². The van der Waals surface area contributed by atoms with E-state index in [-0.39, 0.29) is 4.90 Å². The first-order chi connectivity index (χ1) is 6.89. The van der Waals surface area contributed by atoms with Gasteiger partial charge >= 0.3 is 6.09 Å². The Labute approximate surface area is 85.5 Å². The molecular formula is C7H8N2O5S. The summed E-state index contributed by atoms with van der Waals surface area (Å²) in [5.41, 5.74) is 4.52. The smallest absolute Gasteiger partial charge is 0.423 e. The second kappa shape index (κ2) is 4.15. The number of carbonyl (C=O) groups is 1. The van der Waals surface area contributed by atoms with Gasteiger partial charge in [0.25, 0.3) is 10.1 Å². The summed E-state index contributed by atoms with van der Waals surface area (Å²) in [6, 6.07) is 4.89. The van der Waals surface area contributed by atoms with Crippen molar-refractivity contribution < 1.29 is 22.9 Å². The Morgan fingerprint density at radius 2 is 1.73 bits per heavy atom. The second-order valence-electron chi connectivity index (χ2n) is 2.55. The van der Waals surface area contributed by atoms with Gasteiger partial charge in [-0.25, -0.2) is 10.2 Å². The highest BCUT2D eigenvalue weighted by atomic mass is 32.2. The van der Waals surface area contributed by atoms with Crippen LogP contribution in [0.3, 0.4) is 0 Å². The van der Waals surface area contributed by atoms with Gasteiger partial charge < -0.3 is 5.11 Å². The number of hydrogen-bond donors (Lipinski definition) is 4. The van der Waals surface area contributed by atoms with Crippen LogP contribution >= 0.6 is 0 Å². The van der Waals surface area contributed by atoms with Gasteiger partial charge in [-0.3, -0.25) is 9.98 Å². The van der Waals surface area contributed by atoms with E-state index in [1.54, 1.807) is 0 Å². The van der Waals surface area contributed by atoms with Crippen molar-refractivity contribution in [2.45, 2.75) is 4.90 Å². The maximum atomic E-state index is 10.6. The molecule has 0 radical (unpaired) electrons. The van der Waals surface area contributed by atoms with E-state index in [9.17, 15) is 13.2 Å². The summed E-state index contributed by atoms with van der Waals surface area (Å²) >= 11 is 0. The normalized spacial score (nSPS) is 10.7. The molecule has 0 aromatic heterocycles. The number of amides is 1. The van der Waals surface area contributed by atoms with E-state index in [4.69, 9.17) is 9.66 Å². The number of anilines is 1. The van der Waals surface area contributed by atoms with Crippen LogP contribution in [-0.2, 0) is 10.1 Å². The van der Waals surface area contributed by atoms with Crippen LogP contribution in [0.1, 0.15) is 0 Å². The molecule has 0 heterocycles. The van der Waals surface area contributed by atoms with E-state index in [0.717, 1.165) is 12.1 Å². The summed E-state index contributed by atoms with van der Waals surface area (Å²) in [6.45, 7) is 0. The highest BCUT2D eigenvalue weighted by Crippen LogP contribution is 2.12. The molecule has 0 unspecified atom stereocenters. The van der Waals surface area contributed by atoms with Crippen LogP contribution < -0.4 is 10.9 Å². The van der Waals surface area contributed by atoms with Crippen LogP contribution in [0.25, 0.3) is 0 Å². The second-order valence-corrected chi connectivity index (χ2v) is 3.98. The third-order valence-corrected chi connectivity index (χ3v) is 2.33. The zero-order valence-electron chi connectivity index (χ0n) is 7.34.